The van der Waals surface area contributed by atoms with Crippen LogP contribution in [0.2, 0.25) is 5.02 Å². The van der Waals surface area contributed by atoms with E-state index in [0.717, 1.165) is 29.1 Å². The van der Waals surface area contributed by atoms with E-state index in [1.807, 2.05) is 12.1 Å². The Labute approximate surface area is 173 Å². The van der Waals surface area contributed by atoms with Gasteiger partial charge in [0, 0.05) is 32.4 Å². The van der Waals surface area contributed by atoms with Gasteiger partial charge < -0.3 is 9.30 Å². The minimum absolute atomic E-state index is 0.00262. The van der Waals surface area contributed by atoms with Gasteiger partial charge in [-0.1, -0.05) is 11.6 Å². The molecule has 1 fully saturated rings. The van der Waals surface area contributed by atoms with Gasteiger partial charge in [0.2, 0.25) is 10.0 Å². The van der Waals surface area contributed by atoms with E-state index in [0.29, 0.717) is 32.5 Å². The molecule has 1 aliphatic heterocycles. The second kappa shape index (κ2) is 7.98. The molecule has 0 atom stereocenters. The van der Waals surface area contributed by atoms with Gasteiger partial charge in [0.05, 0.1) is 9.92 Å². The van der Waals surface area contributed by atoms with Gasteiger partial charge in [-0.15, -0.1) is 0 Å². The Hall–Kier alpha value is -2.07. The summed E-state index contributed by atoms with van der Waals surface area (Å²) in [7, 11) is -2.13. The highest BCUT2D eigenvalue weighted by Gasteiger charge is 2.32. The molecule has 154 valence electrons. The molecule has 0 N–H and O–H groups in total. The summed E-state index contributed by atoms with van der Waals surface area (Å²) in [6, 6.07) is 7.26. The zero-order chi connectivity index (χ0) is 20.6. The number of sulfonamides is 1. The molecule has 1 aliphatic rings. The minimum Gasteiger partial charge on any atom is -0.377 e. The smallest absolute Gasteiger partial charge is 0.243 e. The summed E-state index contributed by atoms with van der Waals surface area (Å²) in [5, 5.41) is -0.207. The van der Waals surface area contributed by atoms with E-state index in [4.69, 9.17) is 16.3 Å². The summed E-state index contributed by atoms with van der Waals surface area (Å²) in [5.41, 5.74) is 1.56. The van der Waals surface area contributed by atoms with Gasteiger partial charge in [-0.2, -0.15) is 4.31 Å². The lowest BCUT2D eigenvalue weighted by Crippen LogP contribution is -2.39. The van der Waals surface area contributed by atoms with Crippen LogP contribution in [0.1, 0.15) is 24.7 Å². The molecule has 2 aromatic heterocycles. The molecule has 4 rings (SSSR count). The molecule has 29 heavy (non-hydrogen) atoms. The van der Waals surface area contributed by atoms with Crippen LogP contribution in [0.25, 0.3) is 11.2 Å². The first kappa shape index (κ1) is 20.2. The highest BCUT2D eigenvalue weighted by molar-refractivity contribution is 7.89. The SMILES string of the molecule is COCc1nc2cccnc2n1C1CCN(S(=O)(=O)c2ccc(F)c(Cl)c2)CC1. The number of pyridine rings is 1. The number of rotatable bonds is 5. The molecular formula is C19H20ClFN4O3S. The van der Waals surface area contributed by atoms with Crippen LogP contribution in [-0.2, 0) is 21.4 Å². The first-order valence-electron chi connectivity index (χ1n) is 9.18. The molecule has 0 saturated carbocycles. The van der Waals surface area contributed by atoms with Gasteiger partial charge in [-0.25, -0.2) is 22.8 Å². The third-order valence-corrected chi connectivity index (χ3v) is 7.30. The number of hydrogen-bond acceptors (Lipinski definition) is 5. The van der Waals surface area contributed by atoms with Gasteiger partial charge in [-0.05, 0) is 43.2 Å². The van der Waals surface area contributed by atoms with Crippen molar-refractivity contribution in [3.05, 3.63) is 53.2 Å². The number of benzene rings is 1. The Bertz CT molecular complexity index is 1140. The van der Waals surface area contributed by atoms with Crippen LogP contribution in [0.15, 0.2) is 41.4 Å². The fourth-order valence-corrected chi connectivity index (χ4v) is 5.46. The minimum atomic E-state index is -3.74. The lowest BCUT2D eigenvalue weighted by Gasteiger charge is -2.32. The zero-order valence-electron chi connectivity index (χ0n) is 15.8. The molecule has 1 aromatic carbocycles. The molecule has 7 nitrogen and oxygen atoms in total. The zero-order valence-corrected chi connectivity index (χ0v) is 17.3. The molecule has 10 heteroatoms. The van der Waals surface area contributed by atoms with Crippen molar-refractivity contribution in [2.45, 2.75) is 30.4 Å². The average molecular weight is 439 g/mol. The Balaban J connectivity index is 1.58. The number of fused-ring (bicyclic) bond motifs is 1. The van der Waals surface area contributed by atoms with E-state index >= 15 is 0 Å². The highest BCUT2D eigenvalue weighted by Crippen LogP contribution is 2.31. The van der Waals surface area contributed by atoms with Crippen LogP contribution in [-0.4, -0.2) is 47.5 Å². The number of piperidine rings is 1. The lowest BCUT2D eigenvalue weighted by molar-refractivity contribution is 0.168. The third kappa shape index (κ3) is 3.75. The molecular weight excluding hydrogens is 419 g/mol. The van der Waals surface area contributed by atoms with Crippen molar-refractivity contribution >= 4 is 32.8 Å². The van der Waals surface area contributed by atoms with E-state index in [1.165, 1.54) is 10.4 Å². The largest absolute Gasteiger partial charge is 0.377 e. The van der Waals surface area contributed by atoms with Crippen molar-refractivity contribution in [1.82, 2.24) is 18.8 Å². The molecule has 0 amide bonds. The predicted octanol–water partition coefficient (Wildman–Crippen LogP) is 3.40. The second-order valence-electron chi connectivity index (χ2n) is 6.89. The number of imidazole rings is 1. The Kier molecular flexibility index (Phi) is 5.56. The molecule has 0 spiro atoms. The van der Waals surface area contributed by atoms with Crippen LogP contribution in [0.5, 0.6) is 0 Å². The van der Waals surface area contributed by atoms with Crippen molar-refractivity contribution in [2.24, 2.45) is 0 Å². The molecule has 3 heterocycles. The van der Waals surface area contributed by atoms with Crippen LogP contribution in [0.3, 0.4) is 0 Å². The van der Waals surface area contributed by atoms with Gasteiger partial charge in [-0.3, -0.25) is 0 Å². The van der Waals surface area contributed by atoms with Crippen LogP contribution < -0.4 is 0 Å². The Morgan fingerprint density at radius 1 is 1.28 bits per heavy atom. The number of halogens is 2. The Morgan fingerprint density at radius 2 is 2.03 bits per heavy atom. The topological polar surface area (TPSA) is 77.3 Å². The quantitative estimate of drug-likeness (QED) is 0.610. The molecule has 1 saturated heterocycles. The van der Waals surface area contributed by atoms with Crippen molar-refractivity contribution in [2.75, 3.05) is 20.2 Å². The molecule has 0 unspecified atom stereocenters. The van der Waals surface area contributed by atoms with Crippen LogP contribution in [0.4, 0.5) is 4.39 Å². The van der Waals surface area contributed by atoms with Gasteiger partial charge in [0.25, 0.3) is 0 Å². The van der Waals surface area contributed by atoms with Crippen molar-refractivity contribution < 1.29 is 17.5 Å². The maximum atomic E-state index is 13.4. The van der Waals surface area contributed by atoms with E-state index < -0.39 is 15.8 Å². The van der Waals surface area contributed by atoms with Crippen molar-refractivity contribution in [3.8, 4) is 0 Å². The van der Waals surface area contributed by atoms with E-state index in [9.17, 15) is 12.8 Å². The number of aromatic nitrogens is 3. The van der Waals surface area contributed by atoms with Crippen molar-refractivity contribution in [1.29, 1.82) is 0 Å². The summed E-state index contributed by atoms with van der Waals surface area (Å²) >= 11 is 5.77. The standard InChI is InChI=1S/C19H20ClFN4O3S/c1-28-12-18-23-17-3-2-8-22-19(17)25(18)13-6-9-24(10-7-13)29(26,27)14-4-5-16(21)15(20)11-14/h2-5,8,11,13H,6-7,9-10,12H2,1H3. The van der Waals surface area contributed by atoms with Gasteiger partial charge in [0.15, 0.2) is 5.65 Å². The Morgan fingerprint density at radius 3 is 2.72 bits per heavy atom. The predicted molar refractivity (Wildman–Crippen MR) is 107 cm³/mol. The van der Waals surface area contributed by atoms with Crippen LogP contribution in [0, 0.1) is 5.82 Å². The second-order valence-corrected chi connectivity index (χ2v) is 9.23. The van der Waals surface area contributed by atoms with E-state index in [2.05, 4.69) is 14.5 Å². The monoisotopic (exact) mass is 438 g/mol. The van der Waals surface area contributed by atoms with Crippen molar-refractivity contribution in [3.63, 3.8) is 0 Å². The third-order valence-electron chi connectivity index (χ3n) is 5.11. The molecule has 0 aliphatic carbocycles. The summed E-state index contributed by atoms with van der Waals surface area (Å²) in [5.74, 6) is 0.127. The number of nitrogens with zero attached hydrogens (tertiary/aromatic N) is 4. The number of hydrogen-bond donors (Lipinski definition) is 0. The normalized spacial score (nSPS) is 16.5. The molecule has 3 aromatic rings. The highest BCUT2D eigenvalue weighted by atomic mass is 35.5. The summed E-state index contributed by atoms with van der Waals surface area (Å²) in [6.07, 6.45) is 2.93. The summed E-state index contributed by atoms with van der Waals surface area (Å²) < 4.78 is 48.0. The maximum Gasteiger partial charge on any atom is 0.243 e. The van der Waals surface area contributed by atoms with E-state index in [-0.39, 0.29) is 16.0 Å². The lowest BCUT2D eigenvalue weighted by atomic mass is 10.1. The van der Waals surface area contributed by atoms with Gasteiger partial charge in [0.1, 0.15) is 23.8 Å². The summed E-state index contributed by atoms with van der Waals surface area (Å²) in [4.78, 5) is 9.06. The average Bonchev–Trinajstić information content (AvgIpc) is 3.08. The van der Waals surface area contributed by atoms with Crippen LogP contribution >= 0.6 is 11.6 Å². The number of methoxy groups -OCH3 is 1. The molecule has 0 radical (unpaired) electrons. The fraction of sp³-hybridized carbons (Fsp3) is 0.368. The first-order chi connectivity index (χ1) is 13.9. The number of ether oxygens (including phenoxy) is 1. The maximum absolute atomic E-state index is 13.4. The van der Waals surface area contributed by atoms with E-state index in [1.54, 1.807) is 13.3 Å². The first-order valence-corrected chi connectivity index (χ1v) is 11.0. The fourth-order valence-electron chi connectivity index (χ4n) is 3.72. The summed E-state index contributed by atoms with van der Waals surface area (Å²) in [6.45, 7) is 1.02. The van der Waals surface area contributed by atoms with Gasteiger partial charge >= 0.3 is 0 Å². The molecule has 0 bridgehead atoms.